The molecule has 0 aromatic rings. The van der Waals surface area contributed by atoms with E-state index in [0.29, 0.717) is 36.5 Å². The zero-order valence-corrected chi connectivity index (χ0v) is 15.0. The number of hydrogen-bond acceptors (Lipinski definition) is 4. The van der Waals surface area contributed by atoms with Crippen LogP contribution in [0.5, 0.6) is 0 Å². The molecule has 2 bridgehead atoms. The van der Waals surface area contributed by atoms with Gasteiger partial charge in [-0.3, -0.25) is 0 Å². The maximum atomic E-state index is 10.1. The lowest BCUT2D eigenvalue weighted by molar-refractivity contribution is -0.0549. The lowest BCUT2D eigenvalue weighted by atomic mass is 9.70. The molecule has 0 aromatic heterocycles. The minimum atomic E-state index is -0.426. The summed E-state index contributed by atoms with van der Waals surface area (Å²) in [6.45, 7) is 12.2. The summed E-state index contributed by atoms with van der Waals surface area (Å²) in [4.78, 5) is 0. The van der Waals surface area contributed by atoms with E-state index >= 15 is 0 Å². The Labute approximate surface area is 135 Å². The van der Waals surface area contributed by atoms with Gasteiger partial charge in [0.25, 0.3) is 0 Å². The van der Waals surface area contributed by atoms with Crippen molar-refractivity contribution in [2.45, 2.75) is 78.0 Å². The molecule has 4 atom stereocenters. The highest BCUT2D eigenvalue weighted by Crippen LogP contribution is 2.66. The fourth-order valence-electron chi connectivity index (χ4n) is 4.28. The quantitative estimate of drug-likeness (QED) is 0.643. The Balaban J connectivity index is 1.72. The van der Waals surface area contributed by atoms with Crippen LogP contribution in [-0.4, -0.2) is 47.7 Å². The lowest BCUT2D eigenvalue weighted by Gasteiger charge is -2.39. The predicted molar refractivity (Wildman–Crippen MR) is 88.8 cm³/mol. The van der Waals surface area contributed by atoms with Gasteiger partial charge < -0.3 is 20.3 Å². The Hall–Kier alpha value is -0.160. The molecule has 4 unspecified atom stereocenters. The summed E-state index contributed by atoms with van der Waals surface area (Å²) in [5.41, 5.74) is 0.326. The van der Waals surface area contributed by atoms with Gasteiger partial charge in [0.2, 0.25) is 0 Å². The minimum absolute atomic E-state index is 0.0626. The highest BCUT2D eigenvalue weighted by molar-refractivity contribution is 5.11. The topological polar surface area (TPSA) is 61.7 Å². The number of ether oxygens (including phenoxy) is 1. The summed E-state index contributed by atoms with van der Waals surface area (Å²) in [5.74, 6) is 0.791. The molecule has 0 radical (unpaired) electrons. The van der Waals surface area contributed by atoms with Crippen LogP contribution >= 0.6 is 0 Å². The molecule has 2 saturated carbocycles. The molecule has 0 saturated heterocycles. The second-order valence-electron chi connectivity index (χ2n) is 8.84. The van der Waals surface area contributed by atoms with E-state index in [4.69, 9.17) is 4.74 Å². The number of β-amino-alcohol motifs (C(OH)–C–C–N with tert-alkyl or cyclic N) is 1. The van der Waals surface area contributed by atoms with Crippen LogP contribution < -0.4 is 5.32 Å². The van der Waals surface area contributed by atoms with Crippen LogP contribution in [0.25, 0.3) is 0 Å². The molecule has 2 aliphatic carbocycles. The summed E-state index contributed by atoms with van der Waals surface area (Å²) < 4.78 is 6.17. The average molecular weight is 313 g/mol. The van der Waals surface area contributed by atoms with E-state index in [9.17, 15) is 10.2 Å². The third-order valence-electron chi connectivity index (χ3n) is 6.70. The van der Waals surface area contributed by atoms with Crippen molar-refractivity contribution in [3.8, 4) is 0 Å². The van der Waals surface area contributed by atoms with Gasteiger partial charge >= 0.3 is 0 Å². The molecule has 2 fully saturated rings. The van der Waals surface area contributed by atoms with Gasteiger partial charge in [-0.05, 0) is 56.3 Å². The Morgan fingerprint density at radius 2 is 2.00 bits per heavy atom. The number of hydrogen-bond donors (Lipinski definition) is 3. The number of rotatable bonds is 8. The lowest BCUT2D eigenvalue weighted by Crippen LogP contribution is -2.46. The van der Waals surface area contributed by atoms with E-state index in [1.807, 2.05) is 13.8 Å². The largest absolute Gasteiger partial charge is 0.394 e. The molecule has 2 aliphatic rings. The first-order chi connectivity index (χ1) is 10.1. The molecule has 0 spiro atoms. The van der Waals surface area contributed by atoms with Crippen LogP contribution in [0, 0.1) is 16.7 Å². The number of nitrogens with one attached hydrogen (secondary N) is 1. The van der Waals surface area contributed by atoms with Gasteiger partial charge in [0, 0.05) is 18.7 Å². The van der Waals surface area contributed by atoms with Gasteiger partial charge in [-0.1, -0.05) is 20.8 Å². The third kappa shape index (κ3) is 3.35. The summed E-state index contributed by atoms with van der Waals surface area (Å²) >= 11 is 0. The van der Waals surface area contributed by atoms with Gasteiger partial charge in [-0.2, -0.15) is 0 Å². The van der Waals surface area contributed by atoms with Crippen molar-refractivity contribution in [3.05, 3.63) is 0 Å². The molecule has 22 heavy (non-hydrogen) atoms. The summed E-state index contributed by atoms with van der Waals surface area (Å²) in [6, 6.07) is 0. The SMILES string of the molecule is CC(C)(CO)NCC(O)CCOC1CC2CCC1(C)C2(C)C. The van der Waals surface area contributed by atoms with Crippen molar-refractivity contribution >= 4 is 0 Å². The first-order valence-corrected chi connectivity index (χ1v) is 8.78. The second kappa shape index (κ2) is 6.39. The maximum absolute atomic E-state index is 10.1. The van der Waals surface area contributed by atoms with Crippen molar-refractivity contribution in [1.29, 1.82) is 0 Å². The summed E-state index contributed by atoms with van der Waals surface area (Å²) in [6.07, 6.45) is 4.35. The fourth-order valence-corrected chi connectivity index (χ4v) is 4.28. The summed E-state index contributed by atoms with van der Waals surface area (Å²) in [7, 11) is 0. The number of aliphatic hydroxyl groups is 2. The zero-order chi connectivity index (χ0) is 16.6. The molecule has 3 N–H and O–H groups in total. The average Bonchev–Trinajstić information content (AvgIpc) is 2.78. The molecule has 2 rings (SSSR count). The van der Waals surface area contributed by atoms with Crippen molar-refractivity contribution in [2.24, 2.45) is 16.7 Å². The van der Waals surface area contributed by atoms with E-state index < -0.39 is 6.10 Å². The monoisotopic (exact) mass is 313 g/mol. The van der Waals surface area contributed by atoms with Gasteiger partial charge in [0.15, 0.2) is 0 Å². The van der Waals surface area contributed by atoms with Crippen LogP contribution in [0.15, 0.2) is 0 Å². The number of fused-ring (bicyclic) bond motifs is 2. The van der Waals surface area contributed by atoms with Crippen LogP contribution in [0.2, 0.25) is 0 Å². The Kier molecular flexibility index (Phi) is 5.28. The molecule has 0 aliphatic heterocycles. The van der Waals surface area contributed by atoms with Gasteiger partial charge in [0.1, 0.15) is 0 Å². The van der Waals surface area contributed by atoms with Gasteiger partial charge in [-0.25, -0.2) is 0 Å². The van der Waals surface area contributed by atoms with Crippen LogP contribution in [0.1, 0.15) is 60.3 Å². The molecule has 0 heterocycles. The second-order valence-corrected chi connectivity index (χ2v) is 8.84. The third-order valence-corrected chi connectivity index (χ3v) is 6.70. The van der Waals surface area contributed by atoms with E-state index in [1.54, 1.807) is 0 Å². The van der Waals surface area contributed by atoms with Crippen molar-refractivity contribution in [1.82, 2.24) is 5.32 Å². The van der Waals surface area contributed by atoms with E-state index in [1.165, 1.54) is 19.3 Å². The minimum Gasteiger partial charge on any atom is -0.394 e. The van der Waals surface area contributed by atoms with Crippen LogP contribution in [-0.2, 0) is 4.74 Å². The van der Waals surface area contributed by atoms with Gasteiger partial charge in [0.05, 0.1) is 18.8 Å². The molecule has 0 aromatic carbocycles. The summed E-state index contributed by atoms with van der Waals surface area (Å²) in [5, 5.41) is 22.4. The highest BCUT2D eigenvalue weighted by atomic mass is 16.5. The maximum Gasteiger partial charge on any atom is 0.0686 e. The number of aliphatic hydroxyl groups excluding tert-OH is 2. The van der Waals surface area contributed by atoms with Crippen molar-refractivity contribution in [2.75, 3.05) is 19.8 Å². The van der Waals surface area contributed by atoms with Crippen molar-refractivity contribution in [3.63, 3.8) is 0 Å². The zero-order valence-electron chi connectivity index (χ0n) is 15.0. The van der Waals surface area contributed by atoms with Crippen LogP contribution in [0.3, 0.4) is 0 Å². The normalized spacial score (nSPS) is 35.0. The fraction of sp³-hybridized carbons (Fsp3) is 1.00. The first-order valence-electron chi connectivity index (χ1n) is 8.78. The highest BCUT2D eigenvalue weighted by Gasteiger charge is 2.61. The Morgan fingerprint density at radius 3 is 2.50 bits per heavy atom. The molecular weight excluding hydrogens is 278 g/mol. The van der Waals surface area contributed by atoms with E-state index in [-0.39, 0.29) is 12.1 Å². The standard InChI is InChI=1S/C18H35NO3/c1-16(2,12-20)19-11-14(21)7-9-22-15-10-13-6-8-18(15,5)17(13,3)4/h13-15,19-21H,6-12H2,1-5H3. The molecule has 130 valence electrons. The van der Waals surface area contributed by atoms with Crippen molar-refractivity contribution < 1.29 is 14.9 Å². The van der Waals surface area contributed by atoms with Gasteiger partial charge in [-0.15, -0.1) is 0 Å². The van der Waals surface area contributed by atoms with E-state index in [2.05, 4.69) is 26.1 Å². The Bertz CT molecular complexity index is 383. The van der Waals surface area contributed by atoms with Crippen LogP contribution in [0.4, 0.5) is 0 Å². The predicted octanol–water partition coefficient (Wildman–Crippen LogP) is 2.33. The molecular formula is C18H35NO3. The molecule has 4 heteroatoms. The smallest absolute Gasteiger partial charge is 0.0686 e. The first kappa shape index (κ1) is 18.2. The molecule has 4 nitrogen and oxygen atoms in total. The van der Waals surface area contributed by atoms with E-state index in [0.717, 1.165) is 5.92 Å². The Morgan fingerprint density at radius 1 is 1.32 bits per heavy atom. The molecule has 0 amide bonds.